The van der Waals surface area contributed by atoms with E-state index in [2.05, 4.69) is 6.92 Å². The van der Waals surface area contributed by atoms with Crippen molar-refractivity contribution < 1.29 is 18.7 Å². The first kappa shape index (κ1) is 16.5. The molecule has 6 heteroatoms. The first-order chi connectivity index (χ1) is 10.1. The zero-order valence-corrected chi connectivity index (χ0v) is 13.8. The Kier molecular flexibility index (Phi) is 5.44. The van der Waals surface area contributed by atoms with E-state index < -0.39 is 7.75 Å². The van der Waals surface area contributed by atoms with Gasteiger partial charge in [-0.1, -0.05) is 13.0 Å². The molecular weight excluding hydrogens is 289 g/mol. The Morgan fingerprint density at radius 2 is 1.95 bits per heavy atom. The second-order valence-electron chi connectivity index (χ2n) is 5.02. The second kappa shape index (κ2) is 6.93. The van der Waals surface area contributed by atoms with Crippen LogP contribution in [0, 0.1) is 0 Å². The van der Waals surface area contributed by atoms with Gasteiger partial charge in [0.2, 0.25) is 0 Å². The number of rotatable bonds is 6. The van der Waals surface area contributed by atoms with E-state index in [0.29, 0.717) is 19.8 Å². The van der Waals surface area contributed by atoms with Crippen LogP contribution in [-0.4, -0.2) is 29.5 Å². The van der Waals surface area contributed by atoms with Gasteiger partial charge in [-0.25, -0.2) is 9.24 Å². The highest BCUT2D eigenvalue weighted by Gasteiger charge is 2.40. The van der Waals surface area contributed by atoms with Crippen LogP contribution in [0.2, 0.25) is 0 Å². The lowest BCUT2D eigenvalue weighted by molar-refractivity contribution is 0.142. The van der Waals surface area contributed by atoms with Crippen LogP contribution in [-0.2, 0) is 20.0 Å². The van der Waals surface area contributed by atoms with Crippen molar-refractivity contribution in [1.29, 1.82) is 0 Å². The zero-order chi connectivity index (χ0) is 15.5. The molecule has 1 aliphatic rings. The highest BCUT2D eigenvalue weighted by molar-refractivity contribution is 7.51. The predicted octanol–water partition coefficient (Wildman–Crippen LogP) is 3.88. The lowest BCUT2D eigenvalue weighted by Gasteiger charge is -2.39. The van der Waals surface area contributed by atoms with Gasteiger partial charge in [-0.3, -0.25) is 9.05 Å². The number of phenols is 1. The van der Waals surface area contributed by atoms with E-state index in [1.807, 2.05) is 24.6 Å². The minimum Gasteiger partial charge on any atom is -0.508 e. The van der Waals surface area contributed by atoms with Crippen LogP contribution < -0.4 is 0 Å². The van der Waals surface area contributed by atoms with Crippen LogP contribution in [0.4, 0.5) is 0 Å². The van der Waals surface area contributed by atoms with E-state index in [9.17, 15) is 9.67 Å². The van der Waals surface area contributed by atoms with Crippen LogP contribution in [0.3, 0.4) is 0 Å². The largest absolute Gasteiger partial charge is 0.508 e. The molecule has 1 aliphatic heterocycles. The topological polar surface area (TPSA) is 59.0 Å². The van der Waals surface area contributed by atoms with Crippen molar-refractivity contribution in [1.82, 2.24) is 4.67 Å². The van der Waals surface area contributed by atoms with Crippen LogP contribution in [0.5, 0.6) is 5.75 Å². The highest BCUT2D eigenvalue weighted by atomic mass is 31.2. The summed E-state index contributed by atoms with van der Waals surface area (Å²) in [4.78, 5) is 0. The molecule has 1 atom stereocenters. The maximum Gasteiger partial charge on any atom is 0.408 e. The first-order valence-electron chi connectivity index (χ1n) is 7.53. The minimum absolute atomic E-state index is 0.0155. The van der Waals surface area contributed by atoms with E-state index in [-0.39, 0.29) is 11.8 Å². The maximum atomic E-state index is 13.0. The number of fused-ring (bicyclic) bond motifs is 1. The number of benzene rings is 1. The fourth-order valence-electron chi connectivity index (χ4n) is 2.92. The van der Waals surface area contributed by atoms with Gasteiger partial charge in [-0.05, 0) is 49.9 Å². The molecular formula is C15H24NO4P. The molecule has 0 aliphatic carbocycles. The molecule has 0 bridgehead atoms. The van der Waals surface area contributed by atoms with Gasteiger partial charge in [0, 0.05) is 12.6 Å². The molecule has 1 aromatic rings. The summed E-state index contributed by atoms with van der Waals surface area (Å²) in [7, 11) is -3.26. The molecule has 1 heterocycles. The predicted molar refractivity (Wildman–Crippen MR) is 82.4 cm³/mol. The molecule has 118 valence electrons. The summed E-state index contributed by atoms with van der Waals surface area (Å²) in [6.45, 7) is 7.01. The smallest absolute Gasteiger partial charge is 0.408 e. The van der Waals surface area contributed by atoms with Gasteiger partial charge >= 0.3 is 7.75 Å². The van der Waals surface area contributed by atoms with Crippen molar-refractivity contribution in [3.63, 3.8) is 0 Å². The number of hydrogen-bond acceptors (Lipinski definition) is 4. The van der Waals surface area contributed by atoms with Crippen LogP contribution >= 0.6 is 7.75 Å². The lowest BCUT2D eigenvalue weighted by atomic mass is 9.93. The van der Waals surface area contributed by atoms with E-state index in [0.717, 1.165) is 24.0 Å². The molecule has 0 aromatic heterocycles. The highest BCUT2D eigenvalue weighted by Crippen LogP contribution is 2.57. The molecule has 0 radical (unpaired) electrons. The SMILES string of the molecule is CCOP(=O)(OCC)N1CCc2cc(O)ccc2C1CC. The molecule has 0 saturated heterocycles. The van der Waals surface area contributed by atoms with Gasteiger partial charge in [0.15, 0.2) is 0 Å². The quantitative estimate of drug-likeness (QED) is 0.808. The van der Waals surface area contributed by atoms with Gasteiger partial charge in [-0.15, -0.1) is 0 Å². The fourth-order valence-corrected chi connectivity index (χ4v) is 4.92. The number of aromatic hydroxyl groups is 1. The average molecular weight is 313 g/mol. The molecule has 0 saturated carbocycles. The van der Waals surface area contributed by atoms with Crippen molar-refractivity contribution in [3.8, 4) is 5.75 Å². The third-order valence-corrected chi connectivity index (χ3v) is 6.02. The summed E-state index contributed by atoms with van der Waals surface area (Å²) < 4.78 is 25.9. The van der Waals surface area contributed by atoms with Crippen molar-refractivity contribution in [2.24, 2.45) is 0 Å². The third kappa shape index (κ3) is 3.32. The Labute approximate surface area is 126 Å². The monoisotopic (exact) mass is 313 g/mol. The molecule has 1 N–H and O–H groups in total. The molecule has 0 spiro atoms. The summed E-state index contributed by atoms with van der Waals surface area (Å²) in [5, 5.41) is 9.62. The van der Waals surface area contributed by atoms with E-state index in [1.54, 1.807) is 12.1 Å². The van der Waals surface area contributed by atoms with Gasteiger partial charge in [0.05, 0.1) is 13.2 Å². The molecule has 21 heavy (non-hydrogen) atoms. The normalized spacial score (nSPS) is 19.5. The van der Waals surface area contributed by atoms with E-state index in [1.165, 1.54) is 0 Å². The van der Waals surface area contributed by atoms with Gasteiger partial charge in [0.25, 0.3) is 0 Å². The summed E-state index contributed by atoms with van der Waals surface area (Å²) >= 11 is 0. The molecule has 1 unspecified atom stereocenters. The van der Waals surface area contributed by atoms with Gasteiger partial charge in [-0.2, -0.15) is 0 Å². The van der Waals surface area contributed by atoms with Crippen molar-refractivity contribution >= 4 is 7.75 Å². The number of nitrogens with zero attached hydrogens (tertiary/aromatic N) is 1. The molecule has 2 rings (SSSR count). The van der Waals surface area contributed by atoms with Gasteiger partial charge < -0.3 is 5.11 Å². The maximum absolute atomic E-state index is 13.0. The second-order valence-corrected chi connectivity index (χ2v) is 6.99. The van der Waals surface area contributed by atoms with Crippen molar-refractivity contribution in [2.75, 3.05) is 19.8 Å². The molecule has 1 aromatic carbocycles. The van der Waals surface area contributed by atoms with Crippen LogP contribution in [0.25, 0.3) is 0 Å². The third-order valence-electron chi connectivity index (χ3n) is 3.74. The van der Waals surface area contributed by atoms with E-state index in [4.69, 9.17) is 9.05 Å². The first-order valence-corrected chi connectivity index (χ1v) is 9.03. The number of phenolic OH excluding ortho intramolecular Hbond substituents is 1. The fraction of sp³-hybridized carbons (Fsp3) is 0.600. The summed E-state index contributed by atoms with van der Waals surface area (Å²) in [5.41, 5.74) is 2.21. The van der Waals surface area contributed by atoms with Crippen molar-refractivity contribution in [2.45, 2.75) is 39.7 Å². The lowest BCUT2D eigenvalue weighted by Crippen LogP contribution is -2.34. The molecule has 0 amide bonds. The van der Waals surface area contributed by atoms with Crippen LogP contribution in [0.1, 0.15) is 44.4 Å². The Hall–Kier alpha value is -0.870. The van der Waals surface area contributed by atoms with Crippen molar-refractivity contribution in [3.05, 3.63) is 29.3 Å². The van der Waals surface area contributed by atoms with Gasteiger partial charge in [0.1, 0.15) is 5.75 Å². The average Bonchev–Trinajstić information content (AvgIpc) is 2.46. The Balaban J connectivity index is 2.37. The Bertz CT molecular complexity index is 524. The zero-order valence-electron chi connectivity index (χ0n) is 12.9. The Morgan fingerprint density at radius 3 is 2.52 bits per heavy atom. The molecule has 5 nitrogen and oxygen atoms in total. The minimum atomic E-state index is -3.26. The van der Waals surface area contributed by atoms with Crippen LogP contribution in [0.15, 0.2) is 18.2 Å². The molecule has 0 fully saturated rings. The number of hydrogen-bond donors (Lipinski definition) is 1. The Morgan fingerprint density at radius 1 is 1.29 bits per heavy atom. The summed E-state index contributed by atoms with van der Waals surface area (Å²) in [6, 6.07) is 5.37. The standard InChI is InChI=1S/C15H24NO4P/c1-4-15-14-8-7-13(17)11-12(14)9-10-16(15)21(18,19-5-2)20-6-3/h7-8,11,15,17H,4-6,9-10H2,1-3H3. The van der Waals surface area contributed by atoms with E-state index >= 15 is 0 Å². The summed E-state index contributed by atoms with van der Waals surface area (Å²) in [5.74, 6) is 0.273. The summed E-state index contributed by atoms with van der Waals surface area (Å²) in [6.07, 6.45) is 1.53.